The molecule has 0 amide bonds. The van der Waals surface area contributed by atoms with Crippen molar-refractivity contribution in [2.24, 2.45) is 0 Å². The molecular formula is C72H124O6. The van der Waals surface area contributed by atoms with E-state index >= 15 is 0 Å². The summed E-state index contributed by atoms with van der Waals surface area (Å²) in [7, 11) is 0. The van der Waals surface area contributed by atoms with Crippen LogP contribution in [0.25, 0.3) is 0 Å². The number of carbonyl (C=O) groups is 3. The second kappa shape index (κ2) is 65.8. The third kappa shape index (κ3) is 63.2. The molecule has 0 saturated heterocycles. The molecule has 0 bridgehead atoms. The van der Waals surface area contributed by atoms with Gasteiger partial charge in [0.25, 0.3) is 0 Å². The molecule has 0 aliphatic heterocycles. The van der Waals surface area contributed by atoms with Gasteiger partial charge in [-0.1, -0.05) is 285 Å². The van der Waals surface area contributed by atoms with Crippen molar-refractivity contribution in [3.05, 3.63) is 97.2 Å². The van der Waals surface area contributed by atoms with E-state index in [1.54, 1.807) is 0 Å². The summed E-state index contributed by atoms with van der Waals surface area (Å²) in [5, 5.41) is 0. The van der Waals surface area contributed by atoms with E-state index in [2.05, 4.69) is 118 Å². The molecule has 0 spiro atoms. The van der Waals surface area contributed by atoms with E-state index in [0.29, 0.717) is 19.3 Å². The summed E-state index contributed by atoms with van der Waals surface area (Å²) >= 11 is 0. The molecule has 78 heavy (non-hydrogen) atoms. The van der Waals surface area contributed by atoms with Crippen LogP contribution in [-0.2, 0) is 28.6 Å². The van der Waals surface area contributed by atoms with Crippen LogP contribution in [0.15, 0.2) is 97.2 Å². The summed E-state index contributed by atoms with van der Waals surface area (Å²) in [6, 6.07) is 0. The summed E-state index contributed by atoms with van der Waals surface area (Å²) in [6.07, 6.45) is 88.5. The molecule has 0 aliphatic carbocycles. The number of ether oxygens (including phenoxy) is 3. The van der Waals surface area contributed by atoms with E-state index in [0.717, 1.165) is 122 Å². The average molecular weight is 1090 g/mol. The van der Waals surface area contributed by atoms with Crippen molar-refractivity contribution in [3.8, 4) is 0 Å². The smallest absolute Gasteiger partial charge is 0.306 e. The van der Waals surface area contributed by atoms with E-state index in [4.69, 9.17) is 14.2 Å². The Morgan fingerprint density at radius 2 is 0.513 bits per heavy atom. The minimum atomic E-state index is -0.787. The summed E-state index contributed by atoms with van der Waals surface area (Å²) in [4.78, 5) is 38.3. The molecular weight excluding hydrogens is 961 g/mol. The third-order valence-corrected chi connectivity index (χ3v) is 14.3. The Balaban J connectivity index is 4.22. The number of carbonyl (C=O) groups excluding carboxylic acids is 3. The molecule has 6 heteroatoms. The summed E-state index contributed by atoms with van der Waals surface area (Å²) in [5.74, 6) is -0.895. The normalized spacial score (nSPS) is 12.7. The van der Waals surface area contributed by atoms with Crippen molar-refractivity contribution in [1.29, 1.82) is 0 Å². The molecule has 0 radical (unpaired) electrons. The molecule has 1 unspecified atom stereocenters. The largest absolute Gasteiger partial charge is 0.462 e. The van der Waals surface area contributed by atoms with Gasteiger partial charge in [-0.15, -0.1) is 0 Å². The van der Waals surface area contributed by atoms with Gasteiger partial charge in [0.2, 0.25) is 0 Å². The third-order valence-electron chi connectivity index (χ3n) is 14.3. The molecule has 0 saturated carbocycles. The quantitative estimate of drug-likeness (QED) is 0.0261. The van der Waals surface area contributed by atoms with E-state index in [-0.39, 0.29) is 31.1 Å². The first kappa shape index (κ1) is 74.3. The standard InChI is InChI=1S/C72H124O6/c1-4-7-10-13-16-19-22-25-28-29-30-31-32-33-34-35-36-37-38-39-40-41-42-43-45-47-50-53-56-59-62-65-71(74)77-68-69(67-76-70(73)64-61-58-55-52-49-46-27-24-21-18-15-12-9-6-3)78-72(75)66-63-60-57-54-51-48-44-26-23-20-17-14-11-8-5-2/h7,10,15-16,18-19,24-28,30-31,33-34,44,69H,4-6,8-9,11-14,17,20-23,29,32,35-43,45-68H2,1-3H3/b10-7-,18-15-,19-16-,27-24-,28-25-,31-30-,34-33-,44-26-. The van der Waals surface area contributed by atoms with Gasteiger partial charge in [-0.2, -0.15) is 0 Å². The Labute approximate surface area is 483 Å². The van der Waals surface area contributed by atoms with Gasteiger partial charge in [0.15, 0.2) is 6.10 Å². The Morgan fingerprint density at radius 1 is 0.269 bits per heavy atom. The molecule has 448 valence electrons. The van der Waals surface area contributed by atoms with E-state index < -0.39 is 6.10 Å². The Kier molecular flexibility index (Phi) is 62.7. The maximum absolute atomic E-state index is 12.9. The molecule has 0 heterocycles. The lowest BCUT2D eigenvalue weighted by Gasteiger charge is -2.18. The number of unbranched alkanes of at least 4 members (excludes halogenated alkanes) is 33. The van der Waals surface area contributed by atoms with Gasteiger partial charge in [0, 0.05) is 19.3 Å². The van der Waals surface area contributed by atoms with E-state index in [1.807, 2.05) is 0 Å². The van der Waals surface area contributed by atoms with Gasteiger partial charge >= 0.3 is 17.9 Å². The SMILES string of the molecule is CC/C=C\C/C=C\C/C=C\C/C=C\C/C=C\CCCCCCCCCCCCCCCCCC(=O)OCC(COC(=O)CCCCCCC/C=C\C/C=C\CCCC)OC(=O)CCCCCCC/C=C\CCCCCCCC. The highest BCUT2D eigenvalue weighted by Gasteiger charge is 2.19. The van der Waals surface area contributed by atoms with E-state index in [9.17, 15) is 14.4 Å². The molecule has 1 atom stereocenters. The molecule has 6 nitrogen and oxygen atoms in total. The Morgan fingerprint density at radius 3 is 0.833 bits per heavy atom. The highest BCUT2D eigenvalue weighted by molar-refractivity contribution is 5.71. The number of rotatable bonds is 60. The number of allylic oxidation sites excluding steroid dienone is 16. The van der Waals surface area contributed by atoms with Crippen LogP contribution in [0.4, 0.5) is 0 Å². The maximum atomic E-state index is 12.9. The van der Waals surface area contributed by atoms with Crippen molar-refractivity contribution in [2.75, 3.05) is 13.2 Å². The topological polar surface area (TPSA) is 78.9 Å². The lowest BCUT2D eigenvalue weighted by atomic mass is 10.0. The fraction of sp³-hybridized carbons (Fsp3) is 0.736. The zero-order valence-electron chi connectivity index (χ0n) is 51.4. The molecule has 0 aromatic heterocycles. The lowest BCUT2D eigenvalue weighted by molar-refractivity contribution is -0.167. The summed E-state index contributed by atoms with van der Waals surface area (Å²) in [6.45, 7) is 6.49. The van der Waals surface area contributed by atoms with Gasteiger partial charge in [-0.05, 0) is 116 Å². The van der Waals surface area contributed by atoms with E-state index in [1.165, 1.54) is 161 Å². The fourth-order valence-electron chi connectivity index (χ4n) is 9.31. The Hall–Kier alpha value is -3.67. The summed E-state index contributed by atoms with van der Waals surface area (Å²) < 4.78 is 16.9. The van der Waals surface area contributed by atoms with Crippen molar-refractivity contribution >= 4 is 17.9 Å². The van der Waals surface area contributed by atoms with Gasteiger partial charge in [0.05, 0.1) is 0 Å². The molecule has 0 N–H and O–H groups in total. The maximum Gasteiger partial charge on any atom is 0.306 e. The van der Waals surface area contributed by atoms with Crippen LogP contribution in [0.5, 0.6) is 0 Å². The molecule has 0 rings (SSSR count). The molecule has 0 fully saturated rings. The average Bonchev–Trinajstić information content (AvgIpc) is 3.44. The monoisotopic (exact) mass is 1080 g/mol. The van der Waals surface area contributed by atoms with Crippen LogP contribution in [0, 0.1) is 0 Å². The first-order chi connectivity index (χ1) is 38.5. The molecule has 0 aliphatic rings. The highest BCUT2D eigenvalue weighted by Crippen LogP contribution is 2.16. The van der Waals surface area contributed by atoms with Crippen molar-refractivity contribution in [2.45, 2.75) is 329 Å². The van der Waals surface area contributed by atoms with Crippen molar-refractivity contribution < 1.29 is 28.6 Å². The summed E-state index contributed by atoms with van der Waals surface area (Å²) in [5.41, 5.74) is 0. The second-order valence-electron chi connectivity index (χ2n) is 22.0. The zero-order valence-corrected chi connectivity index (χ0v) is 51.4. The van der Waals surface area contributed by atoms with Crippen LogP contribution in [-0.4, -0.2) is 37.2 Å². The predicted octanol–water partition coefficient (Wildman–Crippen LogP) is 22.8. The van der Waals surface area contributed by atoms with Gasteiger partial charge < -0.3 is 14.2 Å². The first-order valence-corrected chi connectivity index (χ1v) is 33.2. The van der Waals surface area contributed by atoms with Gasteiger partial charge in [-0.3, -0.25) is 14.4 Å². The van der Waals surface area contributed by atoms with Crippen LogP contribution in [0.2, 0.25) is 0 Å². The molecule has 0 aromatic carbocycles. The Bertz CT molecular complexity index is 1530. The second-order valence-corrected chi connectivity index (χ2v) is 22.0. The van der Waals surface area contributed by atoms with Crippen LogP contribution >= 0.6 is 0 Å². The zero-order chi connectivity index (χ0) is 56.4. The fourth-order valence-corrected chi connectivity index (χ4v) is 9.31. The number of esters is 3. The van der Waals surface area contributed by atoms with Crippen LogP contribution in [0.1, 0.15) is 323 Å². The lowest BCUT2D eigenvalue weighted by Crippen LogP contribution is -2.30. The molecule has 0 aromatic rings. The number of hydrogen-bond acceptors (Lipinski definition) is 6. The van der Waals surface area contributed by atoms with Crippen LogP contribution in [0.3, 0.4) is 0 Å². The van der Waals surface area contributed by atoms with Crippen molar-refractivity contribution in [3.63, 3.8) is 0 Å². The first-order valence-electron chi connectivity index (χ1n) is 33.2. The highest BCUT2D eigenvalue weighted by atomic mass is 16.6. The van der Waals surface area contributed by atoms with Gasteiger partial charge in [-0.25, -0.2) is 0 Å². The predicted molar refractivity (Wildman–Crippen MR) is 339 cm³/mol. The van der Waals surface area contributed by atoms with Crippen molar-refractivity contribution in [1.82, 2.24) is 0 Å². The number of hydrogen-bond donors (Lipinski definition) is 0. The minimum Gasteiger partial charge on any atom is -0.462 e. The minimum absolute atomic E-state index is 0.0831. The van der Waals surface area contributed by atoms with Gasteiger partial charge in [0.1, 0.15) is 13.2 Å². The van der Waals surface area contributed by atoms with Crippen LogP contribution < -0.4 is 0 Å².